The van der Waals surface area contributed by atoms with E-state index in [9.17, 15) is 0 Å². The van der Waals surface area contributed by atoms with E-state index >= 15 is 0 Å². The van der Waals surface area contributed by atoms with Gasteiger partial charge in [-0.1, -0.05) is 11.6 Å². The van der Waals surface area contributed by atoms with Gasteiger partial charge in [0.25, 0.3) is 0 Å². The minimum Gasteiger partial charge on any atom is -0.370 e. The predicted molar refractivity (Wildman–Crippen MR) is 70.4 cm³/mol. The molecule has 1 aliphatic carbocycles. The fraction of sp³-hybridized carbons (Fsp3) is 0.615. The zero-order chi connectivity index (χ0) is 12.0. The van der Waals surface area contributed by atoms with E-state index in [0.717, 1.165) is 35.4 Å². The average Bonchev–Trinajstić information content (AvgIpc) is 2.85. The number of hydrogen-bond donors (Lipinski definition) is 1. The molecule has 2 N–H and O–H groups in total. The monoisotopic (exact) mass is 251 g/mol. The molecule has 1 aromatic heterocycles. The summed E-state index contributed by atoms with van der Waals surface area (Å²) in [6, 6.07) is 2.40. The van der Waals surface area contributed by atoms with Crippen molar-refractivity contribution in [3.05, 3.63) is 23.0 Å². The molecule has 0 radical (unpaired) electrons. The molecule has 3 atom stereocenters. The summed E-state index contributed by atoms with van der Waals surface area (Å²) in [5, 5.41) is 0.793. The van der Waals surface area contributed by atoms with Crippen molar-refractivity contribution < 1.29 is 0 Å². The molecule has 3 rings (SSSR count). The van der Waals surface area contributed by atoms with Crippen molar-refractivity contribution >= 4 is 17.3 Å². The van der Waals surface area contributed by atoms with Crippen molar-refractivity contribution in [1.29, 1.82) is 0 Å². The second kappa shape index (κ2) is 4.14. The van der Waals surface area contributed by atoms with Gasteiger partial charge in [0, 0.05) is 25.3 Å². The van der Waals surface area contributed by atoms with Crippen LogP contribution in [-0.4, -0.2) is 24.1 Å². The first-order valence-corrected chi connectivity index (χ1v) is 6.66. The smallest absolute Gasteiger partial charge is 0.0851 e. The number of hydrogen-bond acceptors (Lipinski definition) is 3. The third-order valence-corrected chi connectivity index (χ3v) is 4.76. The zero-order valence-corrected chi connectivity index (χ0v) is 10.8. The third-order valence-electron chi connectivity index (χ3n) is 4.30. The van der Waals surface area contributed by atoms with Gasteiger partial charge in [0.05, 0.1) is 16.4 Å². The van der Waals surface area contributed by atoms with Gasteiger partial charge in [0.1, 0.15) is 0 Å². The second-order valence-electron chi connectivity index (χ2n) is 5.30. The molecule has 3 nitrogen and oxygen atoms in total. The van der Waals surface area contributed by atoms with E-state index in [1.165, 1.54) is 12.8 Å². The summed E-state index contributed by atoms with van der Waals surface area (Å²) in [5.74, 6) is 1.41. The van der Waals surface area contributed by atoms with E-state index in [2.05, 4.69) is 9.88 Å². The van der Waals surface area contributed by atoms with Crippen LogP contribution in [0.2, 0.25) is 5.02 Å². The van der Waals surface area contributed by atoms with Crippen LogP contribution in [0.25, 0.3) is 0 Å². The van der Waals surface area contributed by atoms with Gasteiger partial charge in [-0.15, -0.1) is 0 Å². The molecular weight excluding hydrogens is 234 g/mol. The minimum absolute atomic E-state index is 0.381. The zero-order valence-electron chi connectivity index (χ0n) is 10.1. The van der Waals surface area contributed by atoms with Crippen LogP contribution < -0.4 is 10.6 Å². The van der Waals surface area contributed by atoms with Crippen molar-refractivity contribution in [2.45, 2.75) is 25.8 Å². The van der Waals surface area contributed by atoms with Crippen molar-refractivity contribution in [3.63, 3.8) is 0 Å². The molecule has 2 heterocycles. The lowest BCUT2D eigenvalue weighted by atomic mass is 9.98. The second-order valence-corrected chi connectivity index (χ2v) is 5.68. The van der Waals surface area contributed by atoms with Crippen LogP contribution in [-0.2, 0) is 0 Å². The van der Waals surface area contributed by atoms with Gasteiger partial charge in [0.2, 0.25) is 0 Å². The molecule has 1 aromatic rings. The van der Waals surface area contributed by atoms with E-state index < -0.39 is 0 Å². The number of rotatable bonds is 1. The molecule has 0 aromatic carbocycles. The number of fused-ring (bicyclic) bond motifs is 1. The van der Waals surface area contributed by atoms with E-state index in [-0.39, 0.29) is 0 Å². The molecule has 4 heteroatoms. The van der Waals surface area contributed by atoms with Gasteiger partial charge in [-0.3, -0.25) is 4.98 Å². The highest BCUT2D eigenvalue weighted by Gasteiger charge is 2.41. The lowest BCUT2D eigenvalue weighted by Gasteiger charge is -2.22. The summed E-state index contributed by atoms with van der Waals surface area (Å²) in [7, 11) is 0. The first-order valence-electron chi connectivity index (χ1n) is 6.28. The summed E-state index contributed by atoms with van der Waals surface area (Å²) in [4.78, 5) is 6.59. The van der Waals surface area contributed by atoms with Gasteiger partial charge in [0.15, 0.2) is 0 Å². The van der Waals surface area contributed by atoms with Crippen LogP contribution in [0.15, 0.2) is 12.3 Å². The molecule has 2 aliphatic rings. The van der Waals surface area contributed by atoms with Crippen molar-refractivity contribution in [2.24, 2.45) is 17.6 Å². The SMILES string of the molecule is Cc1nccc(N2CC3CCC(N)C3C2)c1Cl. The Hall–Kier alpha value is -0.800. The molecule has 3 unspecified atom stereocenters. The summed E-state index contributed by atoms with van der Waals surface area (Å²) < 4.78 is 0. The molecule has 17 heavy (non-hydrogen) atoms. The topological polar surface area (TPSA) is 42.2 Å². The normalized spacial score (nSPS) is 31.9. The number of pyridine rings is 1. The molecule has 92 valence electrons. The standard InChI is InChI=1S/C13H18ClN3/c1-8-13(14)12(4-5-16-8)17-6-9-2-3-11(15)10(9)7-17/h4-5,9-11H,2-3,6-7,15H2,1H3. The Morgan fingerprint density at radius 1 is 1.41 bits per heavy atom. The highest BCUT2D eigenvalue weighted by molar-refractivity contribution is 6.33. The van der Waals surface area contributed by atoms with Crippen molar-refractivity contribution in [1.82, 2.24) is 4.98 Å². The van der Waals surface area contributed by atoms with E-state index in [1.807, 2.05) is 19.2 Å². The summed E-state index contributed by atoms with van der Waals surface area (Å²) in [6.07, 6.45) is 4.29. The maximum absolute atomic E-state index is 6.33. The van der Waals surface area contributed by atoms with Gasteiger partial charge < -0.3 is 10.6 Å². The first-order chi connectivity index (χ1) is 8.16. The number of halogens is 1. The summed E-state index contributed by atoms with van der Waals surface area (Å²) in [6.45, 7) is 4.10. The van der Waals surface area contributed by atoms with Gasteiger partial charge in [-0.2, -0.15) is 0 Å². The van der Waals surface area contributed by atoms with Crippen LogP contribution >= 0.6 is 11.6 Å². The summed E-state index contributed by atoms with van der Waals surface area (Å²) in [5.41, 5.74) is 8.19. The van der Waals surface area contributed by atoms with E-state index in [4.69, 9.17) is 17.3 Å². The quantitative estimate of drug-likeness (QED) is 0.832. The van der Waals surface area contributed by atoms with Crippen molar-refractivity contribution in [3.8, 4) is 0 Å². The molecule has 1 saturated heterocycles. The minimum atomic E-state index is 0.381. The maximum Gasteiger partial charge on any atom is 0.0851 e. The maximum atomic E-state index is 6.33. The van der Waals surface area contributed by atoms with Crippen LogP contribution in [0.1, 0.15) is 18.5 Å². The van der Waals surface area contributed by atoms with Gasteiger partial charge >= 0.3 is 0 Å². The average molecular weight is 252 g/mol. The molecule has 2 fully saturated rings. The van der Waals surface area contributed by atoms with E-state index in [0.29, 0.717) is 12.0 Å². The Balaban J connectivity index is 1.85. The molecule has 0 bridgehead atoms. The van der Waals surface area contributed by atoms with E-state index in [1.54, 1.807) is 0 Å². The summed E-state index contributed by atoms with van der Waals surface area (Å²) >= 11 is 6.33. The Labute approximate surface area is 107 Å². The van der Waals surface area contributed by atoms with Crippen LogP contribution in [0.3, 0.4) is 0 Å². The Morgan fingerprint density at radius 2 is 2.24 bits per heavy atom. The van der Waals surface area contributed by atoms with Crippen LogP contribution in [0.4, 0.5) is 5.69 Å². The highest BCUT2D eigenvalue weighted by atomic mass is 35.5. The fourth-order valence-corrected chi connectivity index (χ4v) is 3.51. The number of aromatic nitrogens is 1. The number of aryl methyl sites for hydroxylation is 1. The van der Waals surface area contributed by atoms with Crippen molar-refractivity contribution in [2.75, 3.05) is 18.0 Å². The lowest BCUT2D eigenvalue weighted by Crippen LogP contribution is -2.30. The van der Waals surface area contributed by atoms with Crippen LogP contribution in [0, 0.1) is 18.8 Å². The predicted octanol–water partition coefficient (Wildman–Crippen LogP) is 2.22. The molecule has 1 aliphatic heterocycles. The number of nitrogens with zero attached hydrogens (tertiary/aromatic N) is 2. The molecular formula is C13H18ClN3. The number of anilines is 1. The Bertz CT molecular complexity index is 435. The highest BCUT2D eigenvalue weighted by Crippen LogP contribution is 2.40. The molecule has 0 amide bonds. The Kier molecular flexibility index (Phi) is 2.75. The van der Waals surface area contributed by atoms with Gasteiger partial charge in [-0.25, -0.2) is 0 Å². The first kappa shape index (κ1) is 11.3. The third kappa shape index (κ3) is 1.81. The fourth-order valence-electron chi connectivity index (χ4n) is 3.28. The van der Waals surface area contributed by atoms with Crippen LogP contribution in [0.5, 0.6) is 0 Å². The number of nitrogens with two attached hydrogens (primary N) is 1. The molecule has 1 saturated carbocycles. The molecule has 0 spiro atoms. The lowest BCUT2D eigenvalue weighted by molar-refractivity contribution is 0.453. The van der Waals surface area contributed by atoms with Gasteiger partial charge in [-0.05, 0) is 37.7 Å². The Morgan fingerprint density at radius 3 is 3.00 bits per heavy atom. The largest absolute Gasteiger partial charge is 0.370 e.